The average Bonchev–Trinajstić information content (AvgIpc) is 2.33. The average molecular weight is 254 g/mol. The molecule has 2 rings (SSSR count). The Labute approximate surface area is 115 Å². The van der Waals surface area contributed by atoms with Crippen molar-refractivity contribution < 1.29 is 0 Å². The van der Waals surface area contributed by atoms with Gasteiger partial charge < -0.3 is 5.73 Å². The van der Waals surface area contributed by atoms with E-state index in [0.717, 1.165) is 12.1 Å². The smallest absolute Gasteiger partial charge is 0.0577 e. The highest BCUT2D eigenvalue weighted by molar-refractivity contribution is 5.38. The van der Waals surface area contributed by atoms with E-state index in [1.807, 2.05) is 12.3 Å². The van der Waals surface area contributed by atoms with Crippen LogP contribution >= 0.6 is 0 Å². The van der Waals surface area contributed by atoms with Crippen molar-refractivity contribution in [1.82, 2.24) is 4.98 Å². The van der Waals surface area contributed by atoms with Crippen molar-refractivity contribution in [3.8, 4) is 0 Å². The predicted molar refractivity (Wildman–Crippen MR) is 80.3 cm³/mol. The molecule has 0 radical (unpaired) electrons. The summed E-state index contributed by atoms with van der Waals surface area (Å²) in [5.74, 6) is 0. The molecule has 0 saturated heterocycles. The van der Waals surface area contributed by atoms with Gasteiger partial charge in [-0.05, 0) is 68.5 Å². The second-order valence-electron chi connectivity index (χ2n) is 5.45. The van der Waals surface area contributed by atoms with E-state index >= 15 is 0 Å². The lowest BCUT2D eigenvalue weighted by Gasteiger charge is -2.16. The highest BCUT2D eigenvalue weighted by atomic mass is 14.8. The summed E-state index contributed by atoms with van der Waals surface area (Å²) in [6.45, 7) is 8.52. The van der Waals surface area contributed by atoms with Gasteiger partial charge in [-0.2, -0.15) is 0 Å². The van der Waals surface area contributed by atoms with Crippen LogP contribution in [0.3, 0.4) is 0 Å². The second kappa shape index (κ2) is 5.54. The van der Waals surface area contributed by atoms with Gasteiger partial charge in [0.2, 0.25) is 0 Å². The third-order valence-corrected chi connectivity index (χ3v) is 3.58. The van der Waals surface area contributed by atoms with Gasteiger partial charge in [-0.25, -0.2) is 0 Å². The Morgan fingerprint density at radius 2 is 1.63 bits per heavy atom. The third kappa shape index (κ3) is 3.21. The van der Waals surface area contributed by atoms with Crippen molar-refractivity contribution in [3.05, 3.63) is 64.0 Å². The molecule has 1 atom stereocenters. The van der Waals surface area contributed by atoms with Gasteiger partial charge in [-0.1, -0.05) is 17.7 Å². The summed E-state index contributed by atoms with van der Waals surface area (Å²) >= 11 is 0. The van der Waals surface area contributed by atoms with E-state index in [-0.39, 0.29) is 6.04 Å². The van der Waals surface area contributed by atoms with Gasteiger partial charge in [0, 0.05) is 6.20 Å². The molecule has 1 heterocycles. The Balaban J connectivity index is 2.26. The molecule has 2 N–H and O–H groups in total. The van der Waals surface area contributed by atoms with Crippen LogP contribution in [-0.4, -0.2) is 4.98 Å². The third-order valence-electron chi connectivity index (χ3n) is 3.58. The molecule has 100 valence electrons. The number of hydrogen-bond acceptors (Lipinski definition) is 2. The maximum atomic E-state index is 6.31. The Kier molecular flexibility index (Phi) is 4.01. The van der Waals surface area contributed by atoms with E-state index in [4.69, 9.17) is 5.73 Å². The van der Waals surface area contributed by atoms with E-state index in [1.165, 1.54) is 27.8 Å². The van der Waals surface area contributed by atoms with Crippen LogP contribution in [0.1, 0.15) is 39.6 Å². The monoisotopic (exact) mass is 254 g/mol. The zero-order valence-corrected chi connectivity index (χ0v) is 12.2. The van der Waals surface area contributed by atoms with Gasteiger partial charge in [0.15, 0.2) is 0 Å². The first kappa shape index (κ1) is 13.8. The zero-order valence-electron chi connectivity index (χ0n) is 12.2. The molecule has 19 heavy (non-hydrogen) atoms. The molecule has 0 spiro atoms. The van der Waals surface area contributed by atoms with Crippen LogP contribution in [0.5, 0.6) is 0 Å². The molecule has 2 heteroatoms. The van der Waals surface area contributed by atoms with Crippen LogP contribution in [0.25, 0.3) is 0 Å². The van der Waals surface area contributed by atoms with Crippen molar-refractivity contribution in [1.29, 1.82) is 0 Å². The minimum atomic E-state index is -0.0417. The molecule has 2 aromatic rings. The van der Waals surface area contributed by atoms with Gasteiger partial charge in [-0.15, -0.1) is 0 Å². The van der Waals surface area contributed by atoms with E-state index in [0.29, 0.717) is 0 Å². The first-order valence-electron chi connectivity index (χ1n) is 6.72. The summed E-state index contributed by atoms with van der Waals surface area (Å²) < 4.78 is 0. The normalized spacial score (nSPS) is 12.5. The van der Waals surface area contributed by atoms with Gasteiger partial charge in [-0.3, -0.25) is 4.98 Å². The van der Waals surface area contributed by atoms with Gasteiger partial charge >= 0.3 is 0 Å². The standard InChI is InChI=1S/C17H22N2/c1-11-5-6-19-17(9-11)16(18)10-15-13(3)7-12(2)8-14(15)4/h5-9,16H,10,18H2,1-4H3. The van der Waals surface area contributed by atoms with Crippen LogP contribution in [-0.2, 0) is 6.42 Å². The predicted octanol–water partition coefficient (Wildman–Crippen LogP) is 3.56. The lowest BCUT2D eigenvalue weighted by Crippen LogP contribution is -2.16. The van der Waals surface area contributed by atoms with Gasteiger partial charge in [0.1, 0.15) is 0 Å². The van der Waals surface area contributed by atoms with Crippen molar-refractivity contribution in [2.75, 3.05) is 0 Å². The first-order chi connectivity index (χ1) is 8.97. The fourth-order valence-corrected chi connectivity index (χ4v) is 2.62. The number of nitrogens with two attached hydrogens (primary N) is 1. The number of aryl methyl sites for hydroxylation is 4. The minimum Gasteiger partial charge on any atom is -0.322 e. The highest BCUT2D eigenvalue weighted by Gasteiger charge is 2.12. The summed E-state index contributed by atoms with van der Waals surface area (Å²) in [4.78, 5) is 4.39. The summed E-state index contributed by atoms with van der Waals surface area (Å²) in [5.41, 5.74) is 13.8. The molecule has 1 aromatic heterocycles. The molecular formula is C17H22N2. The number of rotatable bonds is 3. The number of pyridine rings is 1. The van der Waals surface area contributed by atoms with Crippen molar-refractivity contribution >= 4 is 0 Å². The summed E-state index contributed by atoms with van der Waals surface area (Å²) in [6, 6.07) is 8.47. The van der Waals surface area contributed by atoms with Gasteiger partial charge in [0.25, 0.3) is 0 Å². The first-order valence-corrected chi connectivity index (χ1v) is 6.72. The second-order valence-corrected chi connectivity index (χ2v) is 5.45. The Bertz CT molecular complexity index is 565. The van der Waals surface area contributed by atoms with Gasteiger partial charge in [0.05, 0.1) is 11.7 Å². The molecule has 0 aliphatic rings. The Hall–Kier alpha value is -1.67. The molecule has 0 saturated carbocycles. The lowest BCUT2D eigenvalue weighted by molar-refractivity contribution is 0.690. The lowest BCUT2D eigenvalue weighted by atomic mass is 9.93. The van der Waals surface area contributed by atoms with E-state index in [1.54, 1.807) is 0 Å². The number of aromatic nitrogens is 1. The molecule has 1 aromatic carbocycles. The van der Waals surface area contributed by atoms with Crippen molar-refractivity contribution in [3.63, 3.8) is 0 Å². The minimum absolute atomic E-state index is 0.0417. The largest absolute Gasteiger partial charge is 0.322 e. The molecule has 0 fully saturated rings. The molecule has 1 unspecified atom stereocenters. The van der Waals surface area contributed by atoms with E-state index < -0.39 is 0 Å². The number of benzene rings is 1. The Morgan fingerprint density at radius 1 is 1.00 bits per heavy atom. The SMILES string of the molecule is Cc1ccnc(C(N)Cc2c(C)cc(C)cc2C)c1. The fraction of sp³-hybridized carbons (Fsp3) is 0.353. The van der Waals surface area contributed by atoms with Crippen molar-refractivity contribution in [2.24, 2.45) is 5.73 Å². The zero-order chi connectivity index (χ0) is 14.0. The molecule has 0 bridgehead atoms. The Morgan fingerprint density at radius 3 is 2.21 bits per heavy atom. The summed E-state index contributed by atoms with van der Waals surface area (Å²) in [6.07, 6.45) is 2.67. The summed E-state index contributed by atoms with van der Waals surface area (Å²) in [5, 5.41) is 0. The van der Waals surface area contributed by atoms with Crippen LogP contribution in [0.15, 0.2) is 30.5 Å². The summed E-state index contributed by atoms with van der Waals surface area (Å²) in [7, 11) is 0. The van der Waals surface area contributed by atoms with E-state index in [2.05, 4.69) is 50.9 Å². The topological polar surface area (TPSA) is 38.9 Å². The van der Waals surface area contributed by atoms with Crippen LogP contribution in [0, 0.1) is 27.7 Å². The molecule has 2 nitrogen and oxygen atoms in total. The van der Waals surface area contributed by atoms with E-state index in [9.17, 15) is 0 Å². The number of nitrogens with zero attached hydrogens (tertiary/aromatic N) is 1. The quantitative estimate of drug-likeness (QED) is 0.909. The number of hydrogen-bond donors (Lipinski definition) is 1. The van der Waals surface area contributed by atoms with Crippen LogP contribution in [0.4, 0.5) is 0 Å². The maximum absolute atomic E-state index is 6.31. The molecule has 0 aliphatic heterocycles. The maximum Gasteiger partial charge on any atom is 0.0577 e. The highest BCUT2D eigenvalue weighted by Crippen LogP contribution is 2.22. The molecular weight excluding hydrogens is 232 g/mol. The van der Waals surface area contributed by atoms with Crippen LogP contribution in [0.2, 0.25) is 0 Å². The molecule has 0 aliphatic carbocycles. The fourth-order valence-electron chi connectivity index (χ4n) is 2.62. The van der Waals surface area contributed by atoms with Crippen LogP contribution < -0.4 is 5.73 Å². The molecule has 0 amide bonds. The van der Waals surface area contributed by atoms with Crippen molar-refractivity contribution in [2.45, 2.75) is 40.2 Å².